The van der Waals surface area contributed by atoms with Crippen molar-refractivity contribution >= 4 is 51.6 Å². The molecule has 2 rings (SSSR count). The summed E-state index contributed by atoms with van der Waals surface area (Å²) in [4.78, 5) is 20.5. The molecular formula is C14H14ClIN4O. The molecule has 0 bridgehead atoms. The molecule has 110 valence electrons. The van der Waals surface area contributed by atoms with Crippen molar-refractivity contribution in [3.8, 4) is 0 Å². The number of anilines is 2. The zero-order valence-electron chi connectivity index (χ0n) is 11.4. The van der Waals surface area contributed by atoms with Crippen molar-refractivity contribution in [1.82, 2.24) is 9.97 Å². The fourth-order valence-corrected chi connectivity index (χ4v) is 2.60. The summed E-state index contributed by atoms with van der Waals surface area (Å²) in [6, 6.07) is 5.27. The maximum Gasteiger partial charge on any atom is 0.275 e. The molecule has 0 fully saturated rings. The normalized spacial score (nSPS) is 10.2. The van der Waals surface area contributed by atoms with Gasteiger partial charge in [0.15, 0.2) is 0 Å². The van der Waals surface area contributed by atoms with Crippen molar-refractivity contribution in [3.63, 3.8) is 0 Å². The topological polar surface area (TPSA) is 66.9 Å². The van der Waals surface area contributed by atoms with E-state index in [9.17, 15) is 4.79 Å². The van der Waals surface area contributed by atoms with E-state index in [1.165, 1.54) is 6.20 Å². The molecule has 5 nitrogen and oxygen atoms in total. The van der Waals surface area contributed by atoms with E-state index in [0.717, 1.165) is 16.5 Å². The van der Waals surface area contributed by atoms with Crippen molar-refractivity contribution in [3.05, 3.63) is 44.9 Å². The average molecular weight is 417 g/mol. The highest BCUT2D eigenvalue weighted by Crippen LogP contribution is 2.22. The maximum atomic E-state index is 12.2. The summed E-state index contributed by atoms with van der Waals surface area (Å²) in [5.74, 6) is 0.290. The van der Waals surface area contributed by atoms with Gasteiger partial charge in [0.2, 0.25) is 0 Å². The van der Waals surface area contributed by atoms with Crippen LogP contribution in [0.2, 0.25) is 5.02 Å². The van der Waals surface area contributed by atoms with E-state index in [2.05, 4.69) is 50.1 Å². The second-order valence-electron chi connectivity index (χ2n) is 4.29. The predicted molar refractivity (Wildman–Crippen MR) is 92.9 cm³/mol. The van der Waals surface area contributed by atoms with Gasteiger partial charge in [0.25, 0.3) is 5.91 Å². The zero-order valence-corrected chi connectivity index (χ0v) is 14.3. The number of hydrogen-bond acceptors (Lipinski definition) is 4. The number of aromatic nitrogens is 2. The SMILES string of the molecule is CCCNc1cncc(C(=O)Nc2ccc(Cl)cc2I)n1. The molecule has 0 atom stereocenters. The fourth-order valence-electron chi connectivity index (χ4n) is 1.59. The second kappa shape index (κ2) is 7.56. The smallest absolute Gasteiger partial charge is 0.275 e. The Morgan fingerprint density at radius 2 is 2.19 bits per heavy atom. The Morgan fingerprint density at radius 1 is 1.38 bits per heavy atom. The molecule has 2 N–H and O–H groups in total. The molecule has 0 saturated carbocycles. The molecule has 1 heterocycles. The Morgan fingerprint density at radius 3 is 2.90 bits per heavy atom. The van der Waals surface area contributed by atoms with Gasteiger partial charge in [-0.1, -0.05) is 18.5 Å². The Kier molecular flexibility index (Phi) is 5.75. The van der Waals surface area contributed by atoms with Gasteiger partial charge in [-0.2, -0.15) is 0 Å². The van der Waals surface area contributed by atoms with Gasteiger partial charge in [0.05, 0.1) is 18.1 Å². The fraction of sp³-hybridized carbons (Fsp3) is 0.214. The van der Waals surface area contributed by atoms with Gasteiger partial charge in [-0.05, 0) is 47.2 Å². The van der Waals surface area contributed by atoms with Crippen molar-refractivity contribution in [2.24, 2.45) is 0 Å². The van der Waals surface area contributed by atoms with Crippen LogP contribution in [0.1, 0.15) is 23.8 Å². The quantitative estimate of drug-likeness (QED) is 0.728. The lowest BCUT2D eigenvalue weighted by atomic mass is 10.3. The number of carbonyl (C=O) groups excluding carboxylic acids is 1. The maximum absolute atomic E-state index is 12.2. The number of amides is 1. The number of carbonyl (C=O) groups is 1. The van der Waals surface area contributed by atoms with E-state index in [4.69, 9.17) is 11.6 Å². The van der Waals surface area contributed by atoms with Crippen molar-refractivity contribution in [2.45, 2.75) is 13.3 Å². The van der Waals surface area contributed by atoms with Gasteiger partial charge < -0.3 is 10.6 Å². The molecule has 1 aromatic heterocycles. The minimum atomic E-state index is -0.303. The van der Waals surface area contributed by atoms with Crippen LogP contribution in [0.5, 0.6) is 0 Å². The summed E-state index contributed by atoms with van der Waals surface area (Å²) in [6.07, 6.45) is 4.01. The highest BCUT2D eigenvalue weighted by Gasteiger charge is 2.11. The van der Waals surface area contributed by atoms with Crippen LogP contribution < -0.4 is 10.6 Å². The second-order valence-corrected chi connectivity index (χ2v) is 5.89. The van der Waals surface area contributed by atoms with Crippen LogP contribution >= 0.6 is 34.2 Å². The van der Waals surface area contributed by atoms with Gasteiger partial charge in [-0.3, -0.25) is 9.78 Å². The molecule has 1 amide bonds. The molecule has 0 spiro atoms. The van der Waals surface area contributed by atoms with Gasteiger partial charge >= 0.3 is 0 Å². The lowest BCUT2D eigenvalue weighted by Crippen LogP contribution is -2.16. The van der Waals surface area contributed by atoms with E-state index in [0.29, 0.717) is 16.5 Å². The van der Waals surface area contributed by atoms with Crippen molar-refractivity contribution in [1.29, 1.82) is 0 Å². The largest absolute Gasteiger partial charge is 0.369 e. The van der Waals surface area contributed by atoms with Crippen LogP contribution in [-0.4, -0.2) is 22.4 Å². The number of rotatable bonds is 5. The summed E-state index contributed by atoms with van der Waals surface area (Å²) < 4.78 is 0.863. The van der Waals surface area contributed by atoms with E-state index in [1.54, 1.807) is 24.4 Å². The molecule has 2 aromatic rings. The van der Waals surface area contributed by atoms with E-state index < -0.39 is 0 Å². The Labute approximate surface area is 141 Å². The van der Waals surface area contributed by atoms with E-state index in [-0.39, 0.29) is 11.6 Å². The van der Waals surface area contributed by atoms with Crippen LogP contribution in [-0.2, 0) is 0 Å². The van der Waals surface area contributed by atoms with Crippen LogP contribution in [0.25, 0.3) is 0 Å². The molecular weight excluding hydrogens is 403 g/mol. The Balaban J connectivity index is 2.12. The first-order valence-electron chi connectivity index (χ1n) is 6.42. The number of benzene rings is 1. The highest BCUT2D eigenvalue weighted by atomic mass is 127. The van der Waals surface area contributed by atoms with Crippen LogP contribution in [0.4, 0.5) is 11.5 Å². The van der Waals surface area contributed by atoms with Crippen LogP contribution in [0.15, 0.2) is 30.6 Å². The van der Waals surface area contributed by atoms with E-state index >= 15 is 0 Å². The number of nitrogens with zero attached hydrogens (tertiary/aromatic N) is 2. The van der Waals surface area contributed by atoms with Gasteiger partial charge in [0, 0.05) is 15.1 Å². The first-order chi connectivity index (χ1) is 10.1. The molecule has 0 radical (unpaired) electrons. The third-order valence-corrected chi connectivity index (χ3v) is 3.73. The number of halogens is 2. The lowest BCUT2D eigenvalue weighted by Gasteiger charge is -2.08. The molecule has 0 aliphatic heterocycles. The first kappa shape index (κ1) is 16.0. The van der Waals surface area contributed by atoms with Gasteiger partial charge in [-0.25, -0.2) is 4.98 Å². The standard InChI is InChI=1S/C14H14ClIN4O/c1-2-5-18-13-8-17-7-12(19-13)14(21)20-11-4-3-9(15)6-10(11)16/h3-4,6-8H,2,5H2,1H3,(H,18,19)(H,20,21). The summed E-state index contributed by atoms with van der Waals surface area (Å²) in [5, 5.41) is 6.53. The number of hydrogen-bond donors (Lipinski definition) is 2. The average Bonchev–Trinajstić information content (AvgIpc) is 2.48. The molecule has 21 heavy (non-hydrogen) atoms. The third-order valence-electron chi connectivity index (χ3n) is 2.60. The summed E-state index contributed by atoms with van der Waals surface area (Å²) in [6.45, 7) is 2.84. The van der Waals surface area contributed by atoms with Crippen molar-refractivity contribution < 1.29 is 4.79 Å². The molecule has 0 aliphatic rings. The third kappa shape index (κ3) is 4.53. The summed E-state index contributed by atoms with van der Waals surface area (Å²) in [5.41, 5.74) is 0.959. The monoisotopic (exact) mass is 416 g/mol. The van der Waals surface area contributed by atoms with Crippen molar-refractivity contribution in [2.75, 3.05) is 17.2 Å². The Hall–Kier alpha value is -1.41. The number of nitrogens with one attached hydrogen (secondary N) is 2. The molecule has 7 heteroatoms. The lowest BCUT2D eigenvalue weighted by molar-refractivity contribution is 0.102. The first-order valence-corrected chi connectivity index (χ1v) is 7.88. The molecule has 1 aromatic carbocycles. The zero-order chi connectivity index (χ0) is 15.2. The summed E-state index contributed by atoms with van der Waals surface area (Å²) >= 11 is 8.01. The minimum Gasteiger partial charge on any atom is -0.369 e. The van der Waals surface area contributed by atoms with Gasteiger partial charge in [0.1, 0.15) is 11.5 Å². The van der Waals surface area contributed by atoms with E-state index in [1.807, 2.05) is 0 Å². The predicted octanol–water partition coefficient (Wildman–Crippen LogP) is 3.81. The molecule has 0 saturated heterocycles. The minimum absolute atomic E-state index is 0.266. The highest BCUT2D eigenvalue weighted by molar-refractivity contribution is 14.1. The van der Waals surface area contributed by atoms with Crippen LogP contribution in [0, 0.1) is 3.57 Å². The Bertz CT molecular complexity index is 651. The summed E-state index contributed by atoms with van der Waals surface area (Å²) in [7, 11) is 0. The molecule has 0 aliphatic carbocycles. The van der Waals surface area contributed by atoms with Crippen LogP contribution in [0.3, 0.4) is 0 Å². The van der Waals surface area contributed by atoms with Gasteiger partial charge in [-0.15, -0.1) is 0 Å². The molecule has 0 unspecified atom stereocenters.